The molecule has 1 unspecified atom stereocenters. The number of sulfone groups is 1. The lowest BCUT2D eigenvalue weighted by atomic mass is 9.95. The third-order valence-electron chi connectivity index (χ3n) is 5.50. The van der Waals surface area contributed by atoms with Gasteiger partial charge in [-0.2, -0.15) is 5.10 Å². The second-order valence-electron chi connectivity index (χ2n) is 9.25. The lowest BCUT2D eigenvalue weighted by Gasteiger charge is -2.16. The van der Waals surface area contributed by atoms with Crippen molar-refractivity contribution in [3.63, 3.8) is 0 Å². The summed E-state index contributed by atoms with van der Waals surface area (Å²) in [6.45, 7) is 11.9. The maximum atomic E-state index is 13.2. The zero-order valence-electron chi connectivity index (χ0n) is 18.6. The van der Waals surface area contributed by atoms with Gasteiger partial charge in [0.05, 0.1) is 33.8 Å². The summed E-state index contributed by atoms with van der Waals surface area (Å²) in [6.07, 6.45) is 0.499. The minimum Gasteiger partial charge on any atom is -0.306 e. The predicted octanol–water partition coefficient (Wildman–Crippen LogP) is 3.72. The minimum atomic E-state index is -3.06. The normalized spacial score (nSPS) is 18.6. The molecule has 0 bridgehead atoms. The zero-order valence-corrected chi connectivity index (χ0v) is 20.2. The zero-order chi connectivity index (χ0) is 22.7. The highest BCUT2D eigenvalue weighted by Gasteiger charge is 2.32. The fourth-order valence-corrected chi connectivity index (χ4v) is 6.74. The smallest absolute Gasteiger partial charge is 0.267 e. The number of nitrogens with zero attached hydrogens (tertiary/aromatic N) is 4. The first kappa shape index (κ1) is 21.9. The molecule has 1 atom stereocenters. The molecule has 0 aliphatic carbocycles. The van der Waals surface area contributed by atoms with E-state index in [1.807, 2.05) is 20.8 Å². The van der Waals surface area contributed by atoms with Crippen LogP contribution < -0.4 is 5.32 Å². The third kappa shape index (κ3) is 4.10. The van der Waals surface area contributed by atoms with Gasteiger partial charge in [-0.3, -0.25) is 4.79 Å². The highest BCUT2D eigenvalue weighted by atomic mass is 32.2. The summed E-state index contributed by atoms with van der Waals surface area (Å²) in [7, 11) is -3.06. The molecule has 31 heavy (non-hydrogen) atoms. The van der Waals surface area contributed by atoms with Crippen molar-refractivity contribution in [1.82, 2.24) is 19.7 Å². The number of carbonyl (C=O) groups excluding carboxylic acids is 1. The molecule has 0 saturated carbocycles. The van der Waals surface area contributed by atoms with E-state index in [1.54, 1.807) is 10.7 Å². The summed E-state index contributed by atoms with van der Waals surface area (Å²) in [5.74, 6) is 1.21. The Morgan fingerprint density at radius 3 is 2.55 bits per heavy atom. The van der Waals surface area contributed by atoms with Crippen molar-refractivity contribution in [3.05, 3.63) is 33.7 Å². The van der Waals surface area contributed by atoms with Crippen LogP contribution in [0.4, 0.5) is 5.82 Å². The SMILES string of the molecule is Cc1cc(NC(=O)c2sc3nc(C(C)(C)C)nc(C)c3c2C)n(C2CCS(=O)(=O)C2)n1. The molecule has 1 aliphatic heterocycles. The molecule has 4 heterocycles. The van der Waals surface area contributed by atoms with Gasteiger partial charge in [-0.05, 0) is 32.8 Å². The van der Waals surface area contributed by atoms with Gasteiger partial charge in [0.25, 0.3) is 5.91 Å². The van der Waals surface area contributed by atoms with Crippen molar-refractivity contribution in [2.75, 3.05) is 16.8 Å². The summed E-state index contributed by atoms with van der Waals surface area (Å²) in [5, 5.41) is 8.30. The van der Waals surface area contributed by atoms with E-state index in [0.29, 0.717) is 17.1 Å². The number of carbonyl (C=O) groups is 1. The number of hydrogen-bond donors (Lipinski definition) is 1. The molecule has 3 aromatic rings. The van der Waals surface area contributed by atoms with E-state index in [1.165, 1.54) is 11.3 Å². The van der Waals surface area contributed by atoms with Crippen molar-refractivity contribution >= 4 is 43.1 Å². The second-order valence-corrected chi connectivity index (χ2v) is 12.5. The molecule has 1 saturated heterocycles. The topological polar surface area (TPSA) is 107 Å². The van der Waals surface area contributed by atoms with Crippen LogP contribution in [0, 0.1) is 20.8 Å². The molecule has 1 fully saturated rings. The summed E-state index contributed by atoms with van der Waals surface area (Å²) >= 11 is 1.35. The van der Waals surface area contributed by atoms with E-state index in [2.05, 4.69) is 36.2 Å². The van der Waals surface area contributed by atoms with Gasteiger partial charge in [0.2, 0.25) is 0 Å². The van der Waals surface area contributed by atoms with Gasteiger partial charge in [-0.25, -0.2) is 23.1 Å². The number of fused-ring (bicyclic) bond motifs is 1. The van der Waals surface area contributed by atoms with E-state index >= 15 is 0 Å². The van der Waals surface area contributed by atoms with Crippen LogP contribution in [0.1, 0.15) is 65.7 Å². The molecule has 1 N–H and O–H groups in total. The molecule has 8 nitrogen and oxygen atoms in total. The van der Waals surface area contributed by atoms with Gasteiger partial charge in [0.15, 0.2) is 9.84 Å². The van der Waals surface area contributed by atoms with E-state index in [9.17, 15) is 13.2 Å². The standard InChI is InChI=1S/C21H27N5O3S2/c1-11-9-15(26(25-11)14-7-8-31(28,29)10-14)23-18(27)17-12(2)16-13(3)22-20(21(4,5)6)24-19(16)30-17/h9,14H,7-8,10H2,1-6H3,(H,23,27). The van der Waals surface area contributed by atoms with E-state index in [0.717, 1.165) is 33.0 Å². The second kappa shape index (κ2) is 7.37. The minimum absolute atomic E-state index is 0.0449. The molecular formula is C21H27N5O3S2. The highest BCUT2D eigenvalue weighted by Crippen LogP contribution is 2.34. The van der Waals surface area contributed by atoms with Crippen LogP contribution >= 0.6 is 11.3 Å². The number of rotatable bonds is 3. The molecule has 0 aromatic carbocycles. The number of amides is 1. The van der Waals surface area contributed by atoms with Crippen molar-refractivity contribution in [1.29, 1.82) is 0 Å². The summed E-state index contributed by atoms with van der Waals surface area (Å²) in [6, 6.07) is 1.51. The molecule has 0 spiro atoms. The van der Waals surface area contributed by atoms with Gasteiger partial charge in [-0.1, -0.05) is 20.8 Å². The lowest BCUT2D eigenvalue weighted by molar-refractivity contribution is 0.102. The van der Waals surface area contributed by atoms with Crippen LogP contribution in [0.5, 0.6) is 0 Å². The fraction of sp³-hybridized carbons (Fsp3) is 0.524. The van der Waals surface area contributed by atoms with E-state index in [4.69, 9.17) is 4.98 Å². The van der Waals surface area contributed by atoms with Crippen molar-refractivity contribution in [3.8, 4) is 0 Å². The molecule has 1 amide bonds. The Morgan fingerprint density at radius 2 is 1.94 bits per heavy atom. The largest absolute Gasteiger partial charge is 0.306 e. The number of aryl methyl sites for hydroxylation is 3. The summed E-state index contributed by atoms with van der Waals surface area (Å²) in [5.41, 5.74) is 2.25. The fourth-order valence-electron chi connectivity index (χ4n) is 3.92. The number of nitrogens with one attached hydrogen (secondary N) is 1. The van der Waals surface area contributed by atoms with Gasteiger partial charge in [0.1, 0.15) is 16.5 Å². The maximum absolute atomic E-state index is 13.2. The number of aromatic nitrogens is 4. The molecule has 166 valence electrons. The highest BCUT2D eigenvalue weighted by molar-refractivity contribution is 7.91. The Kier molecular flexibility index (Phi) is 5.20. The average molecular weight is 462 g/mol. The summed E-state index contributed by atoms with van der Waals surface area (Å²) < 4.78 is 25.5. The van der Waals surface area contributed by atoms with Crippen LogP contribution in [-0.4, -0.2) is 45.6 Å². The molecular weight excluding hydrogens is 434 g/mol. The monoisotopic (exact) mass is 461 g/mol. The number of anilines is 1. The third-order valence-corrected chi connectivity index (χ3v) is 8.44. The van der Waals surface area contributed by atoms with Crippen LogP contribution in [-0.2, 0) is 15.3 Å². The predicted molar refractivity (Wildman–Crippen MR) is 123 cm³/mol. The molecule has 10 heteroatoms. The average Bonchev–Trinajstić information content (AvgIpc) is 3.29. The lowest BCUT2D eigenvalue weighted by Crippen LogP contribution is -2.19. The van der Waals surface area contributed by atoms with Gasteiger partial charge in [0, 0.05) is 16.9 Å². The molecule has 1 aliphatic rings. The number of hydrogen-bond acceptors (Lipinski definition) is 7. The Bertz CT molecular complexity index is 1300. The quantitative estimate of drug-likeness (QED) is 0.637. The summed E-state index contributed by atoms with van der Waals surface area (Å²) in [4.78, 5) is 24.0. The number of thiophene rings is 1. The Morgan fingerprint density at radius 1 is 1.23 bits per heavy atom. The van der Waals surface area contributed by atoms with Crippen LogP contribution in [0.25, 0.3) is 10.2 Å². The van der Waals surface area contributed by atoms with E-state index in [-0.39, 0.29) is 28.9 Å². The van der Waals surface area contributed by atoms with Gasteiger partial charge < -0.3 is 5.32 Å². The van der Waals surface area contributed by atoms with Gasteiger partial charge in [-0.15, -0.1) is 11.3 Å². The van der Waals surface area contributed by atoms with Crippen molar-refractivity contribution in [2.24, 2.45) is 0 Å². The first-order chi connectivity index (χ1) is 14.4. The van der Waals surface area contributed by atoms with Crippen LogP contribution in [0.3, 0.4) is 0 Å². The Hall–Kier alpha value is -2.33. The van der Waals surface area contributed by atoms with Crippen LogP contribution in [0.2, 0.25) is 0 Å². The Balaban J connectivity index is 1.69. The van der Waals surface area contributed by atoms with Crippen LogP contribution in [0.15, 0.2) is 6.07 Å². The molecule has 3 aromatic heterocycles. The Labute approximate surface area is 186 Å². The van der Waals surface area contributed by atoms with Gasteiger partial charge >= 0.3 is 0 Å². The van der Waals surface area contributed by atoms with Crippen molar-refractivity contribution in [2.45, 2.75) is 59.4 Å². The molecule has 4 rings (SSSR count). The van der Waals surface area contributed by atoms with E-state index < -0.39 is 9.84 Å². The first-order valence-electron chi connectivity index (χ1n) is 10.2. The molecule has 0 radical (unpaired) electrons. The maximum Gasteiger partial charge on any atom is 0.267 e. The first-order valence-corrected chi connectivity index (χ1v) is 12.9. The van der Waals surface area contributed by atoms with Crippen molar-refractivity contribution < 1.29 is 13.2 Å².